The van der Waals surface area contributed by atoms with Crippen LogP contribution in [0.4, 0.5) is 26.3 Å². The number of amides is 1. The monoisotopic (exact) mass is 577 g/mol. The van der Waals surface area contributed by atoms with Crippen molar-refractivity contribution >= 4 is 15.9 Å². The van der Waals surface area contributed by atoms with Gasteiger partial charge in [0.15, 0.2) is 0 Å². The number of sulfonamides is 1. The molecule has 2 aromatic rings. The molecule has 6 nitrogen and oxygen atoms in total. The minimum Gasteiger partial charge on any atom is -0.338 e. The van der Waals surface area contributed by atoms with Crippen LogP contribution in [0.3, 0.4) is 0 Å². The Morgan fingerprint density at radius 3 is 1.87 bits per heavy atom. The minimum absolute atomic E-state index is 0.00820. The highest BCUT2D eigenvalue weighted by molar-refractivity contribution is 7.88. The van der Waals surface area contributed by atoms with Gasteiger partial charge in [-0.05, 0) is 37.1 Å². The van der Waals surface area contributed by atoms with E-state index in [1.165, 1.54) is 9.21 Å². The Kier molecular flexibility index (Phi) is 8.08. The van der Waals surface area contributed by atoms with Crippen LogP contribution < -0.4 is 0 Å². The molecule has 214 valence electrons. The molecule has 0 N–H and O–H groups in total. The summed E-state index contributed by atoms with van der Waals surface area (Å²) < 4.78 is 106. The molecule has 0 aromatic heterocycles. The second-order valence-corrected chi connectivity index (χ2v) is 12.1. The highest BCUT2D eigenvalue weighted by Crippen LogP contribution is 2.38. The van der Waals surface area contributed by atoms with E-state index in [2.05, 4.69) is 4.90 Å². The number of piperazine rings is 1. The molecule has 0 radical (unpaired) electrons. The number of carbonyl (C=O) groups excluding carboxylic acids is 1. The summed E-state index contributed by atoms with van der Waals surface area (Å²) in [7, 11) is -3.34. The molecule has 2 aliphatic heterocycles. The maximum Gasteiger partial charge on any atom is 0.416 e. The molecule has 4 rings (SSSR count). The number of likely N-dealkylation sites (tertiary alicyclic amines) is 1. The van der Waals surface area contributed by atoms with Gasteiger partial charge in [-0.3, -0.25) is 9.69 Å². The van der Waals surface area contributed by atoms with Crippen molar-refractivity contribution in [1.82, 2.24) is 14.1 Å². The molecule has 0 aliphatic carbocycles. The van der Waals surface area contributed by atoms with E-state index in [1.54, 1.807) is 0 Å². The fourth-order valence-electron chi connectivity index (χ4n) is 5.33. The van der Waals surface area contributed by atoms with Gasteiger partial charge < -0.3 is 4.90 Å². The Morgan fingerprint density at radius 1 is 0.846 bits per heavy atom. The largest absolute Gasteiger partial charge is 0.416 e. The van der Waals surface area contributed by atoms with Crippen LogP contribution in [0.1, 0.15) is 45.0 Å². The zero-order chi connectivity index (χ0) is 28.8. The van der Waals surface area contributed by atoms with Gasteiger partial charge >= 0.3 is 12.4 Å². The summed E-state index contributed by atoms with van der Waals surface area (Å²) in [4.78, 5) is 16.8. The van der Waals surface area contributed by atoms with Crippen LogP contribution in [0.2, 0.25) is 0 Å². The Labute approximate surface area is 223 Å². The number of hydrogen-bond acceptors (Lipinski definition) is 4. The van der Waals surface area contributed by atoms with Crippen LogP contribution >= 0.6 is 0 Å². The van der Waals surface area contributed by atoms with Crippen molar-refractivity contribution in [1.29, 1.82) is 0 Å². The third kappa shape index (κ3) is 6.75. The Hall–Kier alpha value is -2.64. The second kappa shape index (κ2) is 10.7. The van der Waals surface area contributed by atoms with Gasteiger partial charge in [0.25, 0.3) is 5.91 Å². The van der Waals surface area contributed by atoms with E-state index in [-0.39, 0.29) is 31.1 Å². The smallest absolute Gasteiger partial charge is 0.338 e. The van der Waals surface area contributed by atoms with Gasteiger partial charge in [0.2, 0.25) is 10.0 Å². The molecule has 2 heterocycles. The van der Waals surface area contributed by atoms with Crippen molar-refractivity contribution in [3.05, 3.63) is 70.3 Å². The normalized spacial score (nSPS) is 22.2. The minimum atomic E-state index is -5.05. The van der Waals surface area contributed by atoms with E-state index in [0.29, 0.717) is 44.7 Å². The van der Waals surface area contributed by atoms with E-state index >= 15 is 0 Å². The Morgan fingerprint density at radius 2 is 1.38 bits per heavy atom. The number of alkyl halides is 6. The average molecular weight is 578 g/mol. The maximum atomic E-state index is 13.4. The van der Waals surface area contributed by atoms with Crippen molar-refractivity contribution in [3.63, 3.8) is 0 Å². The molecular formula is C26H29F6N3O3S. The predicted octanol–water partition coefficient (Wildman–Crippen LogP) is 4.61. The number of rotatable bonds is 4. The van der Waals surface area contributed by atoms with Crippen molar-refractivity contribution < 1.29 is 39.6 Å². The second-order valence-electron chi connectivity index (χ2n) is 10.1. The van der Waals surface area contributed by atoms with Crippen molar-refractivity contribution in [2.75, 3.05) is 45.5 Å². The highest BCUT2D eigenvalue weighted by Gasteiger charge is 2.40. The molecule has 2 atom stereocenters. The summed E-state index contributed by atoms with van der Waals surface area (Å²) in [5.41, 5.74) is -1.85. The molecule has 13 heteroatoms. The quantitative estimate of drug-likeness (QED) is 0.499. The molecule has 2 aliphatic rings. The first kappa shape index (κ1) is 29.3. The number of hydrogen-bond donors (Lipinski definition) is 0. The number of carbonyl (C=O) groups is 1. The summed E-state index contributed by atoms with van der Waals surface area (Å²) in [6.07, 6.45) is -8.53. The molecule has 2 unspecified atom stereocenters. The summed E-state index contributed by atoms with van der Waals surface area (Å²) in [5, 5.41) is 0. The highest BCUT2D eigenvalue weighted by atomic mass is 32.2. The van der Waals surface area contributed by atoms with E-state index in [0.717, 1.165) is 17.4 Å². The van der Waals surface area contributed by atoms with Gasteiger partial charge in [0, 0.05) is 56.8 Å². The van der Waals surface area contributed by atoms with Gasteiger partial charge in [-0.25, -0.2) is 8.42 Å². The van der Waals surface area contributed by atoms with Crippen LogP contribution in [0.5, 0.6) is 0 Å². The topological polar surface area (TPSA) is 60.9 Å². The summed E-state index contributed by atoms with van der Waals surface area (Å²) >= 11 is 0. The number of halogens is 6. The molecule has 1 amide bonds. The van der Waals surface area contributed by atoms with Crippen LogP contribution in [0, 0.1) is 6.92 Å². The molecule has 2 aromatic carbocycles. The molecular weight excluding hydrogens is 548 g/mol. The van der Waals surface area contributed by atoms with E-state index < -0.39 is 45.0 Å². The van der Waals surface area contributed by atoms with E-state index in [1.807, 2.05) is 31.2 Å². The van der Waals surface area contributed by atoms with Crippen LogP contribution in [-0.2, 0) is 22.4 Å². The summed E-state index contributed by atoms with van der Waals surface area (Å²) in [6, 6.07) is 8.46. The maximum absolute atomic E-state index is 13.4. The standard InChI is InChI=1S/C26H29F6N3O3S/c1-17-3-5-18(6-4-17)22-16-34(8-7-23(22)33-9-11-35(12-10-33)39(2,37)38)24(36)19-13-20(25(27,28)29)15-21(14-19)26(30,31)32/h3-6,13-15,22-23H,7-12,16H2,1-2H3. The molecule has 2 saturated heterocycles. The van der Waals surface area contributed by atoms with Crippen LogP contribution in [-0.4, -0.2) is 80.0 Å². The predicted molar refractivity (Wildman–Crippen MR) is 133 cm³/mol. The Bertz CT molecular complexity index is 1270. The molecule has 0 bridgehead atoms. The lowest BCUT2D eigenvalue weighted by atomic mass is 9.84. The van der Waals surface area contributed by atoms with Crippen molar-refractivity contribution in [2.24, 2.45) is 0 Å². The van der Waals surface area contributed by atoms with E-state index in [9.17, 15) is 39.6 Å². The number of benzene rings is 2. The summed E-state index contributed by atoms with van der Waals surface area (Å²) in [6.45, 7) is 3.69. The van der Waals surface area contributed by atoms with Gasteiger partial charge in [-0.15, -0.1) is 0 Å². The van der Waals surface area contributed by atoms with Crippen LogP contribution in [0.25, 0.3) is 0 Å². The fourth-order valence-corrected chi connectivity index (χ4v) is 6.16. The number of nitrogens with zero attached hydrogens (tertiary/aromatic N) is 3. The molecule has 2 fully saturated rings. The lowest BCUT2D eigenvalue weighted by Crippen LogP contribution is -2.57. The van der Waals surface area contributed by atoms with Crippen LogP contribution in [0.15, 0.2) is 42.5 Å². The first-order chi connectivity index (χ1) is 18.0. The lowest BCUT2D eigenvalue weighted by Gasteiger charge is -2.46. The molecule has 39 heavy (non-hydrogen) atoms. The summed E-state index contributed by atoms with van der Waals surface area (Å²) in [5.74, 6) is -1.18. The van der Waals surface area contributed by atoms with E-state index in [4.69, 9.17) is 0 Å². The number of piperidine rings is 1. The fraction of sp³-hybridized carbons (Fsp3) is 0.500. The molecule has 0 spiro atoms. The van der Waals surface area contributed by atoms with Crippen molar-refractivity contribution in [2.45, 2.75) is 37.7 Å². The average Bonchev–Trinajstić information content (AvgIpc) is 2.86. The van der Waals surface area contributed by atoms with Gasteiger partial charge in [-0.1, -0.05) is 29.8 Å². The molecule has 0 saturated carbocycles. The Balaban J connectivity index is 1.62. The zero-order valence-electron chi connectivity index (χ0n) is 21.4. The van der Waals surface area contributed by atoms with Crippen molar-refractivity contribution in [3.8, 4) is 0 Å². The van der Waals surface area contributed by atoms with Gasteiger partial charge in [-0.2, -0.15) is 30.6 Å². The first-order valence-electron chi connectivity index (χ1n) is 12.4. The zero-order valence-corrected chi connectivity index (χ0v) is 22.2. The SMILES string of the molecule is Cc1ccc(C2CN(C(=O)c3cc(C(F)(F)F)cc(C(F)(F)F)c3)CCC2N2CCN(S(C)(=O)=O)CC2)cc1. The third-order valence-corrected chi connectivity index (χ3v) is 8.72. The number of aryl methyl sites for hydroxylation is 1. The van der Waals surface area contributed by atoms with Gasteiger partial charge in [0.05, 0.1) is 17.4 Å². The lowest BCUT2D eigenvalue weighted by molar-refractivity contribution is -0.143. The van der Waals surface area contributed by atoms with Gasteiger partial charge in [0.1, 0.15) is 0 Å². The first-order valence-corrected chi connectivity index (χ1v) is 14.2. The third-order valence-electron chi connectivity index (χ3n) is 7.41.